The Hall–Kier alpha value is -2.59. The molecule has 162 valence electrons. The zero-order valence-corrected chi connectivity index (χ0v) is 17.8. The first-order valence-electron chi connectivity index (χ1n) is 8.32. The maximum atomic E-state index is 13.5. The number of nitriles is 1. The molecule has 1 aromatic rings. The molecule has 1 atom stereocenters. The van der Waals surface area contributed by atoms with Crippen LogP contribution in [0.15, 0.2) is 28.7 Å². The number of nitrogens with zero attached hydrogens (tertiary/aromatic N) is 2. The summed E-state index contributed by atoms with van der Waals surface area (Å²) in [6.07, 6.45) is 0.635. The standard InChI is InChI=1S/C17H15BrF3N3O5S/c1-2-12(10-3-4-14(13(18)5-10)29-30(21,27)28)16(26)23-8-15(25)24-9-17(19,20)6-11(24)7-22/h2-5,11H,6,8-9H2,1H3,(H,23,26)/b12-2+. The number of hydrogen-bond donors (Lipinski definition) is 1. The van der Waals surface area contributed by atoms with E-state index < -0.39 is 53.8 Å². The average Bonchev–Trinajstić information content (AvgIpc) is 2.96. The molecule has 1 fully saturated rings. The van der Waals surface area contributed by atoms with E-state index in [9.17, 15) is 30.7 Å². The van der Waals surface area contributed by atoms with E-state index in [1.54, 1.807) is 6.07 Å². The van der Waals surface area contributed by atoms with Gasteiger partial charge in [-0.1, -0.05) is 16.0 Å². The Balaban J connectivity index is 2.08. The van der Waals surface area contributed by atoms with Crippen LogP contribution in [0.5, 0.6) is 5.75 Å². The van der Waals surface area contributed by atoms with E-state index in [0.29, 0.717) is 0 Å². The number of carbonyl (C=O) groups is 2. The molecule has 1 unspecified atom stereocenters. The second kappa shape index (κ2) is 9.05. The van der Waals surface area contributed by atoms with Crippen molar-refractivity contribution in [2.45, 2.75) is 25.3 Å². The lowest BCUT2D eigenvalue weighted by atomic mass is 10.0. The summed E-state index contributed by atoms with van der Waals surface area (Å²) in [5.74, 6) is -5.06. The van der Waals surface area contributed by atoms with Crippen molar-refractivity contribution in [2.24, 2.45) is 0 Å². The first kappa shape index (κ1) is 23.7. The minimum Gasteiger partial charge on any atom is -0.357 e. The highest BCUT2D eigenvalue weighted by atomic mass is 79.9. The Bertz CT molecular complexity index is 1040. The van der Waals surface area contributed by atoms with Gasteiger partial charge in [-0.3, -0.25) is 9.59 Å². The fraction of sp³-hybridized carbons (Fsp3) is 0.353. The van der Waals surface area contributed by atoms with Crippen molar-refractivity contribution in [1.29, 1.82) is 5.26 Å². The summed E-state index contributed by atoms with van der Waals surface area (Å²) in [6, 6.07) is 4.06. The molecule has 1 saturated heterocycles. The summed E-state index contributed by atoms with van der Waals surface area (Å²) in [4.78, 5) is 25.3. The molecular weight excluding hydrogens is 495 g/mol. The third kappa shape index (κ3) is 5.96. The van der Waals surface area contributed by atoms with Gasteiger partial charge in [0.2, 0.25) is 5.91 Å². The number of allylic oxidation sites excluding steroid dienone is 1. The molecule has 1 aliphatic rings. The molecule has 0 spiro atoms. The molecule has 1 N–H and O–H groups in total. The molecule has 1 heterocycles. The number of benzene rings is 1. The van der Waals surface area contributed by atoms with Gasteiger partial charge >= 0.3 is 10.5 Å². The zero-order chi connectivity index (χ0) is 22.7. The number of alkyl halides is 2. The fourth-order valence-electron chi connectivity index (χ4n) is 2.82. The predicted molar refractivity (Wildman–Crippen MR) is 102 cm³/mol. The zero-order valence-electron chi connectivity index (χ0n) is 15.4. The smallest absolute Gasteiger partial charge is 0.357 e. The minimum absolute atomic E-state index is 0.0422. The molecule has 13 heteroatoms. The second-order valence-electron chi connectivity index (χ2n) is 6.23. The van der Waals surface area contributed by atoms with Gasteiger partial charge in [-0.25, -0.2) is 8.78 Å². The van der Waals surface area contributed by atoms with Crippen molar-refractivity contribution >= 4 is 43.8 Å². The molecule has 2 amide bonds. The molecular formula is C17H15BrF3N3O5S. The van der Waals surface area contributed by atoms with Crippen LogP contribution >= 0.6 is 15.9 Å². The Morgan fingerprint density at radius 1 is 1.47 bits per heavy atom. The molecule has 0 aromatic heterocycles. The normalized spacial score (nSPS) is 18.6. The van der Waals surface area contributed by atoms with Crippen LogP contribution in [0, 0.1) is 11.3 Å². The SMILES string of the molecule is C/C=C(/C(=O)NCC(=O)N1CC(F)(F)CC1C#N)c1ccc(OS(=O)(=O)F)c(Br)c1. The Kier molecular flexibility index (Phi) is 7.14. The number of halogens is 4. The summed E-state index contributed by atoms with van der Waals surface area (Å²) in [7, 11) is -5.24. The molecule has 0 radical (unpaired) electrons. The summed E-state index contributed by atoms with van der Waals surface area (Å²) < 4.78 is 64.9. The van der Waals surface area contributed by atoms with Gasteiger partial charge in [0.25, 0.3) is 11.8 Å². The lowest BCUT2D eigenvalue weighted by Crippen LogP contribution is -2.43. The first-order valence-corrected chi connectivity index (χ1v) is 10.4. The molecule has 8 nitrogen and oxygen atoms in total. The second-order valence-corrected chi connectivity index (χ2v) is 8.04. The molecule has 30 heavy (non-hydrogen) atoms. The fourth-order valence-corrected chi connectivity index (χ4v) is 3.75. The van der Waals surface area contributed by atoms with Crippen LogP contribution in [-0.4, -0.2) is 50.2 Å². The molecule has 0 aliphatic carbocycles. The third-order valence-corrected chi connectivity index (χ3v) is 5.10. The van der Waals surface area contributed by atoms with Gasteiger partial charge in [0.15, 0.2) is 5.75 Å². The van der Waals surface area contributed by atoms with Crippen LogP contribution in [0.1, 0.15) is 18.9 Å². The topological polar surface area (TPSA) is 117 Å². The maximum Gasteiger partial charge on any atom is 0.488 e. The summed E-state index contributed by atoms with van der Waals surface area (Å²) in [5, 5.41) is 11.2. The van der Waals surface area contributed by atoms with Gasteiger partial charge in [-0.05, 0) is 40.5 Å². The van der Waals surface area contributed by atoms with E-state index in [2.05, 4.69) is 25.4 Å². The molecule has 2 rings (SSSR count). The van der Waals surface area contributed by atoms with E-state index in [-0.39, 0.29) is 21.4 Å². The number of nitrogens with one attached hydrogen (secondary N) is 1. The Morgan fingerprint density at radius 3 is 2.67 bits per heavy atom. The highest BCUT2D eigenvalue weighted by Gasteiger charge is 2.47. The lowest BCUT2D eigenvalue weighted by Gasteiger charge is -2.19. The number of amides is 2. The van der Waals surface area contributed by atoms with Crippen molar-refractivity contribution in [1.82, 2.24) is 10.2 Å². The van der Waals surface area contributed by atoms with Gasteiger partial charge in [0.05, 0.1) is 23.6 Å². The maximum absolute atomic E-state index is 13.5. The highest BCUT2D eigenvalue weighted by molar-refractivity contribution is 9.10. The van der Waals surface area contributed by atoms with Crippen molar-refractivity contribution in [3.05, 3.63) is 34.3 Å². The van der Waals surface area contributed by atoms with E-state index in [0.717, 1.165) is 11.0 Å². The number of likely N-dealkylation sites (tertiary alicyclic amines) is 1. The van der Waals surface area contributed by atoms with Gasteiger partial charge in [-0.15, -0.1) is 0 Å². The quantitative estimate of drug-likeness (QED) is 0.464. The summed E-state index contributed by atoms with van der Waals surface area (Å²) in [5.41, 5.74) is 0.349. The number of carbonyl (C=O) groups excluding carboxylic acids is 2. The van der Waals surface area contributed by atoms with Crippen LogP contribution in [-0.2, 0) is 20.1 Å². The molecule has 0 bridgehead atoms. The number of rotatable bonds is 6. The van der Waals surface area contributed by atoms with E-state index in [1.165, 1.54) is 25.1 Å². The van der Waals surface area contributed by atoms with E-state index >= 15 is 0 Å². The summed E-state index contributed by atoms with van der Waals surface area (Å²) >= 11 is 3.00. The average molecular weight is 510 g/mol. The Morgan fingerprint density at radius 2 is 2.13 bits per heavy atom. The van der Waals surface area contributed by atoms with Crippen LogP contribution in [0.3, 0.4) is 0 Å². The lowest BCUT2D eigenvalue weighted by molar-refractivity contribution is -0.133. The van der Waals surface area contributed by atoms with Crippen LogP contribution in [0.4, 0.5) is 12.7 Å². The van der Waals surface area contributed by atoms with E-state index in [1.807, 2.05) is 0 Å². The predicted octanol–water partition coefficient (Wildman–Crippen LogP) is 2.32. The minimum atomic E-state index is -5.24. The van der Waals surface area contributed by atoms with Crippen LogP contribution in [0.2, 0.25) is 0 Å². The highest BCUT2D eigenvalue weighted by Crippen LogP contribution is 2.32. The monoisotopic (exact) mass is 509 g/mol. The Labute approximate surface area is 178 Å². The van der Waals surface area contributed by atoms with Crippen molar-refractivity contribution in [3.8, 4) is 11.8 Å². The molecule has 1 aromatic carbocycles. The van der Waals surface area contributed by atoms with Crippen molar-refractivity contribution < 1.29 is 34.9 Å². The molecule has 0 saturated carbocycles. The van der Waals surface area contributed by atoms with Gasteiger partial charge in [-0.2, -0.15) is 13.7 Å². The van der Waals surface area contributed by atoms with Crippen LogP contribution < -0.4 is 9.50 Å². The number of hydrogen-bond acceptors (Lipinski definition) is 6. The van der Waals surface area contributed by atoms with Crippen molar-refractivity contribution in [3.63, 3.8) is 0 Å². The third-order valence-electron chi connectivity index (χ3n) is 4.10. The largest absolute Gasteiger partial charge is 0.488 e. The van der Waals surface area contributed by atoms with Crippen molar-refractivity contribution in [2.75, 3.05) is 13.1 Å². The first-order chi connectivity index (χ1) is 13.9. The molecule has 1 aliphatic heterocycles. The van der Waals surface area contributed by atoms with Gasteiger partial charge in [0, 0.05) is 12.0 Å². The van der Waals surface area contributed by atoms with Crippen LogP contribution in [0.25, 0.3) is 5.57 Å². The van der Waals surface area contributed by atoms with Gasteiger partial charge in [0.1, 0.15) is 6.04 Å². The van der Waals surface area contributed by atoms with Gasteiger partial charge < -0.3 is 14.4 Å². The summed E-state index contributed by atoms with van der Waals surface area (Å²) in [6.45, 7) is 0.0169. The van der Waals surface area contributed by atoms with E-state index in [4.69, 9.17) is 5.26 Å².